The van der Waals surface area contributed by atoms with Crippen LogP contribution in [-0.2, 0) is 42.7 Å². The number of esters is 2. The summed E-state index contributed by atoms with van der Waals surface area (Å²) >= 11 is 5.37. The molecule has 0 aromatic rings. The van der Waals surface area contributed by atoms with Crippen molar-refractivity contribution >= 4 is 76.9 Å². The third-order valence-electron chi connectivity index (χ3n) is 6.76. The maximum Gasteiger partial charge on any atom is 0.317 e. The number of fused-ring (bicyclic) bond motifs is 1. The zero-order valence-electron chi connectivity index (χ0n) is 23.9. The van der Waals surface area contributed by atoms with Gasteiger partial charge in [0.15, 0.2) is 0 Å². The Hall–Kier alpha value is -2.18. The largest absolute Gasteiger partial charge is 0.481 e. The molecule has 0 aromatic heterocycles. The Morgan fingerprint density at radius 1 is 0.738 bits per heavy atom. The van der Waals surface area contributed by atoms with Gasteiger partial charge < -0.3 is 15.2 Å². The zero-order chi connectivity index (χ0) is 32.4. The van der Waals surface area contributed by atoms with E-state index >= 15 is 0 Å². The van der Waals surface area contributed by atoms with Gasteiger partial charge in [0.2, 0.25) is 14.5 Å². The molecule has 3 aliphatic carbocycles. The third-order valence-corrected chi connectivity index (χ3v) is 7.04. The van der Waals surface area contributed by atoms with Gasteiger partial charge in [-0.3, -0.25) is 28.8 Å². The highest BCUT2D eigenvalue weighted by molar-refractivity contribution is 8.26. The van der Waals surface area contributed by atoms with Crippen molar-refractivity contribution in [2.24, 2.45) is 35.5 Å². The molecule has 14 heteroatoms. The van der Waals surface area contributed by atoms with Crippen LogP contribution in [0.25, 0.3) is 0 Å². The first-order valence-corrected chi connectivity index (χ1v) is 16.3. The average Bonchev–Trinajstić information content (AvgIpc) is 3.22. The molecule has 0 bridgehead atoms. The number of carboxylic acid groups (broad SMARTS) is 1. The molecule has 10 nitrogen and oxygen atoms in total. The van der Waals surface area contributed by atoms with E-state index in [0.717, 1.165) is 0 Å². The predicted molar refractivity (Wildman–Crippen MR) is 162 cm³/mol. The zero-order valence-corrected chi connectivity index (χ0v) is 27.0. The number of carbonyl (C=O) groups is 6. The van der Waals surface area contributed by atoms with Gasteiger partial charge >= 0.3 is 17.9 Å². The van der Waals surface area contributed by atoms with Crippen LogP contribution in [0.3, 0.4) is 0 Å². The van der Waals surface area contributed by atoms with Crippen molar-refractivity contribution in [3.63, 3.8) is 0 Å². The van der Waals surface area contributed by atoms with Crippen molar-refractivity contribution in [3.05, 3.63) is 36.5 Å². The Labute approximate surface area is 262 Å². The number of carboxylic acids is 1. The Morgan fingerprint density at radius 2 is 1.02 bits per heavy atom. The van der Waals surface area contributed by atoms with Crippen molar-refractivity contribution in [2.75, 3.05) is 14.1 Å². The molecule has 236 valence electrons. The van der Waals surface area contributed by atoms with E-state index in [1.807, 2.05) is 50.6 Å². The molecule has 0 radical (unpaired) electrons. The lowest BCUT2D eigenvalue weighted by atomic mass is 9.81. The average molecular weight is 671 g/mol. The quantitative estimate of drug-likeness (QED) is 0.186. The molecule has 1 fully saturated rings. The van der Waals surface area contributed by atoms with Crippen LogP contribution >= 0.6 is 33.0 Å². The first kappa shape index (κ1) is 39.8. The minimum atomic E-state index is -1.67. The lowest BCUT2D eigenvalue weighted by molar-refractivity contribution is -0.154. The molecule has 1 aliphatic heterocycles. The van der Waals surface area contributed by atoms with Gasteiger partial charge in [-0.1, -0.05) is 36.5 Å². The number of allylic oxidation sites excluding steroid dienone is 6. The number of halogens is 3. The van der Waals surface area contributed by atoms with Crippen LogP contribution in [0.15, 0.2) is 36.5 Å². The Balaban J connectivity index is 0.000000540. The molecule has 0 aromatic carbocycles. The van der Waals surface area contributed by atoms with Gasteiger partial charge in [0.05, 0.1) is 17.8 Å². The van der Waals surface area contributed by atoms with Crippen molar-refractivity contribution in [1.82, 2.24) is 5.32 Å². The SMILES string of the molecule is CC(=O)C1CC=CCC1C(=O)Cl.CC(=O)C1CC=CCC1C(=O)O.CNC.O=C1OC(=O)C2CC=CCC12.O=S(Cl)Cl. The van der Waals surface area contributed by atoms with E-state index in [4.69, 9.17) is 20.9 Å². The fourth-order valence-electron chi connectivity index (χ4n) is 4.64. The highest BCUT2D eigenvalue weighted by Gasteiger charge is 2.43. The molecule has 4 rings (SSSR count). The Kier molecular flexibility index (Phi) is 20.4. The number of cyclic esters (lactones) is 2. The fraction of sp³-hybridized carbons (Fsp3) is 0.571. The van der Waals surface area contributed by atoms with Crippen LogP contribution in [0.2, 0.25) is 0 Å². The van der Waals surface area contributed by atoms with E-state index in [1.54, 1.807) is 0 Å². The van der Waals surface area contributed by atoms with Crippen LogP contribution in [-0.4, -0.2) is 58.1 Å². The number of nitrogens with one attached hydrogen (secondary N) is 1. The number of hydrogen-bond acceptors (Lipinski definition) is 9. The van der Waals surface area contributed by atoms with Crippen LogP contribution in [0.5, 0.6) is 0 Å². The summed E-state index contributed by atoms with van der Waals surface area (Å²) in [7, 11) is 11.1. The van der Waals surface area contributed by atoms with Gasteiger partial charge in [0.25, 0.3) is 0 Å². The second-order valence-corrected chi connectivity index (χ2v) is 12.7. The Bertz CT molecular complexity index is 951. The summed E-state index contributed by atoms with van der Waals surface area (Å²) < 4.78 is 13.6. The lowest BCUT2D eigenvalue weighted by Gasteiger charge is -2.22. The number of hydrogen-bond donors (Lipinski definition) is 2. The summed E-state index contributed by atoms with van der Waals surface area (Å²) in [6.07, 6.45) is 15.1. The van der Waals surface area contributed by atoms with Crippen molar-refractivity contribution in [2.45, 2.75) is 52.4 Å². The number of carbonyl (C=O) groups excluding carboxylic acids is 5. The lowest BCUT2D eigenvalue weighted by Crippen LogP contribution is -2.29. The first-order chi connectivity index (χ1) is 19.7. The summed E-state index contributed by atoms with van der Waals surface area (Å²) in [6.45, 7) is 2.97. The summed E-state index contributed by atoms with van der Waals surface area (Å²) in [6, 6.07) is 0. The maximum absolute atomic E-state index is 11.1. The van der Waals surface area contributed by atoms with Gasteiger partial charge in [-0.2, -0.15) is 0 Å². The molecule has 6 unspecified atom stereocenters. The van der Waals surface area contributed by atoms with E-state index in [-0.39, 0.29) is 58.3 Å². The van der Waals surface area contributed by atoms with Crippen molar-refractivity contribution in [3.8, 4) is 0 Å². The monoisotopic (exact) mass is 669 g/mol. The number of ether oxygens (including phenoxy) is 1. The van der Waals surface area contributed by atoms with Gasteiger partial charge in [-0.15, -0.1) is 0 Å². The highest BCUT2D eigenvalue weighted by Crippen LogP contribution is 2.33. The van der Waals surface area contributed by atoms with Gasteiger partial charge in [-0.05, 0) is 78.1 Å². The van der Waals surface area contributed by atoms with Crippen molar-refractivity contribution in [1.29, 1.82) is 0 Å². The van der Waals surface area contributed by atoms with E-state index in [9.17, 15) is 28.8 Å². The van der Waals surface area contributed by atoms with Crippen molar-refractivity contribution < 1.29 is 42.8 Å². The van der Waals surface area contributed by atoms with E-state index in [0.29, 0.717) is 38.5 Å². The van der Waals surface area contributed by atoms with E-state index in [2.05, 4.69) is 31.4 Å². The topological polar surface area (TPSA) is 161 Å². The Morgan fingerprint density at radius 3 is 1.29 bits per heavy atom. The molecule has 0 spiro atoms. The first-order valence-electron chi connectivity index (χ1n) is 13.2. The molecule has 1 saturated heterocycles. The number of Topliss-reactive ketones (excluding diaryl/α,β-unsaturated/α-hetero) is 2. The molecule has 2 N–H and O–H groups in total. The minimum absolute atomic E-state index is 0.0215. The van der Waals surface area contributed by atoms with Crippen LogP contribution < -0.4 is 5.32 Å². The molecule has 6 atom stereocenters. The highest BCUT2D eigenvalue weighted by atomic mass is 36.0. The molecular formula is C28H38Cl3NO9S. The smallest absolute Gasteiger partial charge is 0.317 e. The summed E-state index contributed by atoms with van der Waals surface area (Å²) in [5, 5.41) is 11.1. The van der Waals surface area contributed by atoms with Crippen LogP contribution in [0, 0.1) is 35.5 Å². The number of rotatable bonds is 4. The molecule has 42 heavy (non-hydrogen) atoms. The van der Waals surface area contributed by atoms with Crippen LogP contribution in [0.4, 0.5) is 0 Å². The van der Waals surface area contributed by atoms with Gasteiger partial charge in [0.1, 0.15) is 11.6 Å². The molecule has 0 saturated carbocycles. The standard InChI is InChI=1S/C9H11ClO2.C9H12O3.C8H8O3.C2H7N.Cl2OS/c1-6(11)7-4-2-3-5-8(7)9(10)12;1-6(10)7-4-2-3-5-8(7)9(11)12;9-7-5-3-1-2-4-6(5)8(10)11-7;1-3-2;1-4(2)3/h2-3,7-8H,4-5H2,1H3;2-3,7-8H,4-5H2,1H3,(H,11,12);1-2,5-6H,3-4H2;3H,1-2H3;. The second-order valence-electron chi connectivity index (χ2n) is 9.76. The summed E-state index contributed by atoms with van der Waals surface area (Å²) in [5.41, 5.74) is 0. The molecule has 4 aliphatic rings. The summed E-state index contributed by atoms with van der Waals surface area (Å²) in [5.74, 6) is -3.20. The van der Waals surface area contributed by atoms with E-state index < -0.39 is 21.1 Å². The number of ketones is 2. The molecular weight excluding hydrogens is 633 g/mol. The second kappa shape index (κ2) is 21.5. The predicted octanol–water partition coefficient (Wildman–Crippen LogP) is 4.70. The van der Waals surface area contributed by atoms with E-state index in [1.165, 1.54) is 13.8 Å². The molecule has 1 heterocycles. The van der Waals surface area contributed by atoms with Gasteiger partial charge in [0, 0.05) is 39.1 Å². The van der Waals surface area contributed by atoms with Gasteiger partial charge in [-0.25, -0.2) is 4.21 Å². The summed E-state index contributed by atoms with van der Waals surface area (Å²) in [4.78, 5) is 65.5. The fourth-order valence-corrected chi connectivity index (χ4v) is 4.88. The van der Waals surface area contributed by atoms with Crippen LogP contribution in [0.1, 0.15) is 52.4 Å². The number of aliphatic carboxylic acids is 1. The minimum Gasteiger partial charge on any atom is -0.481 e. The maximum atomic E-state index is 11.1. The normalized spacial score (nSPS) is 26.8. The third kappa shape index (κ3) is 14.8. The molecule has 0 amide bonds.